The number of benzene rings is 1. The molecule has 10 heteroatoms. The average Bonchev–Trinajstić information content (AvgIpc) is 3.36. The molecule has 0 aliphatic carbocycles. The Bertz CT molecular complexity index is 1440. The van der Waals surface area contributed by atoms with Crippen LogP contribution < -0.4 is 15.5 Å². The van der Waals surface area contributed by atoms with E-state index in [2.05, 4.69) is 47.3 Å². The van der Waals surface area contributed by atoms with Gasteiger partial charge in [-0.05, 0) is 74.8 Å². The van der Waals surface area contributed by atoms with Crippen molar-refractivity contribution in [2.75, 3.05) is 44.2 Å². The van der Waals surface area contributed by atoms with Gasteiger partial charge < -0.3 is 20.4 Å². The van der Waals surface area contributed by atoms with Crippen LogP contribution in [0.25, 0.3) is 0 Å². The summed E-state index contributed by atoms with van der Waals surface area (Å²) in [6.07, 6.45) is 10.4. The normalized spacial score (nSPS) is 27.1. The minimum Gasteiger partial charge on any atom is -0.356 e. The number of hydrogen-bond acceptors (Lipinski definition) is 6. The molecule has 248 valence electrons. The highest BCUT2D eigenvalue weighted by Crippen LogP contribution is 2.45. The smallest absolute Gasteiger partial charge is 0.241 e. The number of β-lactam (4-membered cyclic amide) rings is 1. The van der Waals surface area contributed by atoms with Gasteiger partial charge in [-0.25, -0.2) is 4.39 Å². The number of anilines is 1. The van der Waals surface area contributed by atoms with Gasteiger partial charge in [-0.15, -0.1) is 0 Å². The molecule has 0 radical (unpaired) electrons. The lowest BCUT2D eigenvalue weighted by Crippen LogP contribution is -2.65. The second-order valence-corrected chi connectivity index (χ2v) is 14.7. The summed E-state index contributed by atoms with van der Waals surface area (Å²) in [6, 6.07) is 9.16. The fraction of sp³-hybridized carbons (Fsp3) is 0.611. The third-order valence-corrected chi connectivity index (χ3v) is 10.5. The predicted octanol–water partition coefficient (Wildman–Crippen LogP) is 3.93. The molecule has 46 heavy (non-hydrogen) atoms. The van der Waals surface area contributed by atoms with Gasteiger partial charge in [0.05, 0.1) is 29.9 Å². The van der Waals surface area contributed by atoms with Crippen molar-refractivity contribution in [3.8, 4) is 0 Å². The van der Waals surface area contributed by atoms with E-state index >= 15 is 0 Å². The molecule has 0 bridgehead atoms. The van der Waals surface area contributed by atoms with E-state index in [0.29, 0.717) is 32.0 Å². The minimum atomic E-state index is -0.246. The lowest BCUT2D eigenvalue weighted by molar-refractivity contribution is -0.154. The molecule has 3 atom stereocenters. The van der Waals surface area contributed by atoms with Gasteiger partial charge in [-0.2, -0.15) is 0 Å². The summed E-state index contributed by atoms with van der Waals surface area (Å²) in [5, 5.41) is 6.41. The predicted molar refractivity (Wildman–Crippen MR) is 176 cm³/mol. The number of halogens is 1. The highest BCUT2D eigenvalue weighted by atomic mass is 19.1. The van der Waals surface area contributed by atoms with Gasteiger partial charge in [0.1, 0.15) is 5.82 Å². The van der Waals surface area contributed by atoms with Gasteiger partial charge >= 0.3 is 0 Å². The molecule has 4 fully saturated rings. The molecule has 5 aliphatic heterocycles. The monoisotopic (exact) mass is 632 g/mol. The van der Waals surface area contributed by atoms with Crippen LogP contribution in [-0.2, 0) is 26.2 Å². The Labute approximate surface area is 272 Å². The Hall–Kier alpha value is -3.37. The quantitative estimate of drug-likeness (QED) is 0.469. The Morgan fingerprint density at radius 1 is 1.09 bits per heavy atom. The van der Waals surface area contributed by atoms with Crippen LogP contribution in [0.15, 0.2) is 36.5 Å². The second kappa shape index (κ2) is 13.4. The molecule has 5 aliphatic rings. The first-order chi connectivity index (χ1) is 22.0. The molecule has 9 nitrogen and oxygen atoms in total. The molecule has 2 N–H and O–H groups in total. The fourth-order valence-electron chi connectivity index (χ4n) is 8.04. The standard InChI is InChI=1S/C30H38FN5O2.C6H11NO/c1-20-17-34(24(16-32-20)13-30-9-4-10-36(30)26(37)14-30)18-27(38)35-19-29(2,3)28-25(35)12-22(15-33-28)11-21-5-7-23(31)8-6-21;8-6-4-2-1-3-5-7-6/h5-8,12,15,20,24,32H,4,9-11,13-14,16-19H2,1-3H3;1-5H2,(H,7,8)/t20-,24-,30?;/m1./s1. The van der Waals surface area contributed by atoms with Crippen molar-refractivity contribution in [2.45, 2.75) is 102 Å². The summed E-state index contributed by atoms with van der Waals surface area (Å²) in [7, 11) is 0. The molecule has 6 heterocycles. The molecular formula is C36H49FN6O3. The number of pyridine rings is 1. The zero-order valence-electron chi connectivity index (χ0n) is 27.6. The van der Waals surface area contributed by atoms with Crippen LogP contribution in [-0.4, -0.2) is 89.4 Å². The van der Waals surface area contributed by atoms with Gasteiger partial charge in [0, 0.05) is 62.8 Å². The number of carbonyl (C=O) groups is 3. The molecule has 3 amide bonds. The average molecular weight is 633 g/mol. The number of carbonyl (C=O) groups excluding carboxylic acids is 3. The molecular weight excluding hydrogens is 583 g/mol. The van der Waals surface area contributed by atoms with E-state index in [-0.39, 0.29) is 40.5 Å². The summed E-state index contributed by atoms with van der Waals surface area (Å²) < 4.78 is 13.4. The van der Waals surface area contributed by atoms with Crippen molar-refractivity contribution in [2.24, 2.45) is 0 Å². The SMILES string of the molecule is C[C@@H]1CN(CC(=O)N2CC(C)(C)c3ncc(Cc4ccc(F)cc4)cc32)[C@H](CC23CCCN2C(=O)C3)CN1.O=C1CCCCCN1. The second-order valence-electron chi connectivity index (χ2n) is 14.7. The summed E-state index contributed by atoms with van der Waals surface area (Å²) in [4.78, 5) is 47.8. The van der Waals surface area contributed by atoms with Gasteiger partial charge in [-0.1, -0.05) is 32.4 Å². The maximum absolute atomic E-state index is 13.9. The maximum atomic E-state index is 13.9. The van der Waals surface area contributed by atoms with Gasteiger partial charge in [0.15, 0.2) is 0 Å². The minimum absolute atomic E-state index is 0.00723. The van der Waals surface area contributed by atoms with Crippen LogP contribution in [0.1, 0.15) is 89.0 Å². The number of aromatic nitrogens is 1. The van der Waals surface area contributed by atoms with Gasteiger partial charge in [0.25, 0.3) is 0 Å². The van der Waals surface area contributed by atoms with Crippen LogP contribution in [0.3, 0.4) is 0 Å². The number of nitrogens with zero attached hydrogens (tertiary/aromatic N) is 4. The van der Waals surface area contributed by atoms with Crippen molar-refractivity contribution < 1.29 is 18.8 Å². The number of fused-ring (bicyclic) bond motifs is 2. The van der Waals surface area contributed by atoms with Crippen molar-refractivity contribution in [1.29, 1.82) is 0 Å². The van der Waals surface area contributed by atoms with Crippen LogP contribution in [0.2, 0.25) is 0 Å². The maximum Gasteiger partial charge on any atom is 0.241 e. The third kappa shape index (κ3) is 6.98. The van der Waals surface area contributed by atoms with Crippen LogP contribution in [0.5, 0.6) is 0 Å². The number of nitrogens with one attached hydrogen (secondary N) is 2. The van der Waals surface area contributed by atoms with E-state index in [1.807, 2.05) is 11.1 Å². The van der Waals surface area contributed by atoms with Crippen LogP contribution in [0, 0.1) is 5.82 Å². The first-order valence-electron chi connectivity index (χ1n) is 17.1. The highest BCUT2D eigenvalue weighted by Gasteiger charge is 2.55. The topological polar surface area (TPSA) is 97.9 Å². The molecule has 0 saturated carbocycles. The summed E-state index contributed by atoms with van der Waals surface area (Å²) >= 11 is 0. The summed E-state index contributed by atoms with van der Waals surface area (Å²) in [6.45, 7) is 10.8. The molecule has 7 rings (SSSR count). The van der Waals surface area contributed by atoms with Gasteiger partial charge in [-0.3, -0.25) is 24.3 Å². The third-order valence-electron chi connectivity index (χ3n) is 10.5. The zero-order chi connectivity index (χ0) is 32.5. The fourth-order valence-corrected chi connectivity index (χ4v) is 8.04. The van der Waals surface area contributed by atoms with Crippen molar-refractivity contribution >= 4 is 23.4 Å². The number of amides is 3. The molecule has 4 saturated heterocycles. The largest absolute Gasteiger partial charge is 0.356 e. The van der Waals surface area contributed by atoms with Crippen molar-refractivity contribution in [3.05, 3.63) is 59.2 Å². The Kier molecular flexibility index (Phi) is 9.48. The highest BCUT2D eigenvalue weighted by molar-refractivity contribution is 5.97. The zero-order valence-corrected chi connectivity index (χ0v) is 27.6. The number of rotatable bonds is 6. The van der Waals surface area contributed by atoms with E-state index in [1.54, 1.807) is 12.1 Å². The Morgan fingerprint density at radius 2 is 1.89 bits per heavy atom. The Balaban J connectivity index is 0.000000407. The first kappa shape index (κ1) is 32.6. The van der Waals surface area contributed by atoms with E-state index in [1.165, 1.54) is 18.6 Å². The molecule has 1 unspecified atom stereocenters. The summed E-state index contributed by atoms with van der Waals surface area (Å²) in [5.74, 6) is 0.357. The van der Waals surface area contributed by atoms with E-state index in [4.69, 9.17) is 4.98 Å². The lowest BCUT2D eigenvalue weighted by Gasteiger charge is -2.51. The van der Waals surface area contributed by atoms with E-state index < -0.39 is 0 Å². The Morgan fingerprint density at radius 3 is 2.67 bits per heavy atom. The summed E-state index contributed by atoms with van der Waals surface area (Å²) in [5.41, 5.74) is 3.62. The van der Waals surface area contributed by atoms with E-state index in [9.17, 15) is 18.8 Å². The molecule has 0 spiro atoms. The van der Waals surface area contributed by atoms with Gasteiger partial charge in [0.2, 0.25) is 17.7 Å². The number of hydrogen-bond donors (Lipinski definition) is 2. The van der Waals surface area contributed by atoms with E-state index in [0.717, 1.165) is 87.2 Å². The van der Waals surface area contributed by atoms with Crippen molar-refractivity contribution in [1.82, 2.24) is 25.4 Å². The lowest BCUT2D eigenvalue weighted by atomic mass is 9.78. The van der Waals surface area contributed by atoms with Crippen LogP contribution >= 0.6 is 0 Å². The number of piperazine rings is 1. The molecule has 1 aromatic carbocycles. The molecule has 1 aromatic heterocycles. The first-order valence-corrected chi connectivity index (χ1v) is 17.1. The van der Waals surface area contributed by atoms with Crippen LogP contribution in [0.4, 0.5) is 10.1 Å². The molecule has 2 aromatic rings. The van der Waals surface area contributed by atoms with Crippen molar-refractivity contribution in [3.63, 3.8) is 0 Å².